The van der Waals surface area contributed by atoms with Crippen LogP contribution >= 0.6 is 0 Å². The lowest BCUT2D eigenvalue weighted by Gasteiger charge is -2.42. The zero-order valence-corrected chi connectivity index (χ0v) is 15.3. The molecule has 1 aliphatic carbocycles. The van der Waals surface area contributed by atoms with Gasteiger partial charge in [0.05, 0.1) is 5.60 Å². The number of anilines is 2. The van der Waals surface area contributed by atoms with Gasteiger partial charge in [-0.1, -0.05) is 6.92 Å². The zero-order valence-electron chi connectivity index (χ0n) is 15.3. The Hall–Kier alpha value is -1.40. The number of hydrogen-bond donors (Lipinski definition) is 1. The van der Waals surface area contributed by atoms with Gasteiger partial charge < -0.3 is 14.9 Å². The molecule has 0 radical (unpaired) electrons. The minimum Gasteiger partial charge on any atom is -0.389 e. The van der Waals surface area contributed by atoms with Crippen molar-refractivity contribution in [3.05, 3.63) is 12.3 Å². The highest BCUT2D eigenvalue weighted by molar-refractivity contribution is 5.43. The second-order valence-electron chi connectivity index (χ2n) is 7.78. The molecule has 0 atom stereocenters. The Bertz CT molecular complexity index is 534. The number of β-amino-alcohol motifs (C(OH)–C–C–N with tert-alkyl or cyclic N) is 1. The Balaban J connectivity index is 1.53. The van der Waals surface area contributed by atoms with Gasteiger partial charge in [0.1, 0.15) is 5.82 Å². The topological polar surface area (TPSA) is 55.7 Å². The van der Waals surface area contributed by atoms with Crippen LogP contribution in [0, 0.1) is 5.92 Å². The van der Waals surface area contributed by atoms with Gasteiger partial charge in [0.15, 0.2) is 0 Å². The lowest BCUT2D eigenvalue weighted by atomic mass is 9.79. The van der Waals surface area contributed by atoms with Gasteiger partial charge in [-0.05, 0) is 37.7 Å². The fourth-order valence-corrected chi connectivity index (χ4v) is 3.74. The molecule has 24 heavy (non-hydrogen) atoms. The van der Waals surface area contributed by atoms with E-state index in [2.05, 4.69) is 26.7 Å². The van der Waals surface area contributed by atoms with Gasteiger partial charge in [-0.15, -0.1) is 0 Å². The third-order valence-corrected chi connectivity index (χ3v) is 5.45. The average Bonchev–Trinajstić information content (AvgIpc) is 2.58. The minimum atomic E-state index is -0.471. The summed E-state index contributed by atoms with van der Waals surface area (Å²) in [6, 6.07) is 1.98. The molecule has 2 aliphatic rings. The summed E-state index contributed by atoms with van der Waals surface area (Å²) in [5.74, 6) is 2.52. The average molecular weight is 333 g/mol. The van der Waals surface area contributed by atoms with E-state index in [0.29, 0.717) is 0 Å². The first-order chi connectivity index (χ1) is 11.5. The molecule has 3 rings (SSSR count). The van der Waals surface area contributed by atoms with E-state index < -0.39 is 5.60 Å². The van der Waals surface area contributed by atoms with Crippen LogP contribution < -0.4 is 9.80 Å². The highest BCUT2D eigenvalue weighted by Crippen LogP contribution is 2.32. The second kappa shape index (κ2) is 7.23. The number of nitrogens with zero attached hydrogens (tertiary/aromatic N) is 5. The van der Waals surface area contributed by atoms with Crippen molar-refractivity contribution >= 4 is 11.8 Å². The summed E-state index contributed by atoms with van der Waals surface area (Å²) in [7, 11) is 3.92. The molecule has 1 saturated heterocycles. The molecule has 134 valence electrons. The predicted octanol–water partition coefficient (Wildman–Crippen LogP) is 1.61. The van der Waals surface area contributed by atoms with Crippen LogP contribution in [0.3, 0.4) is 0 Å². The molecule has 2 heterocycles. The summed E-state index contributed by atoms with van der Waals surface area (Å²) in [5, 5.41) is 10.8. The number of piperazine rings is 1. The summed E-state index contributed by atoms with van der Waals surface area (Å²) in [6.45, 7) is 6.99. The van der Waals surface area contributed by atoms with Crippen molar-refractivity contribution in [3.63, 3.8) is 0 Å². The lowest BCUT2D eigenvalue weighted by Crippen LogP contribution is -2.53. The first-order valence-electron chi connectivity index (χ1n) is 9.15. The van der Waals surface area contributed by atoms with Gasteiger partial charge in [-0.25, -0.2) is 4.98 Å². The Kier molecular flexibility index (Phi) is 5.25. The predicted molar refractivity (Wildman–Crippen MR) is 97.6 cm³/mol. The molecule has 1 N–H and O–H groups in total. The molecule has 0 spiro atoms. The van der Waals surface area contributed by atoms with Crippen LogP contribution in [0.2, 0.25) is 0 Å². The molecular formula is C18H31N5O. The number of rotatable bonds is 4. The van der Waals surface area contributed by atoms with Gasteiger partial charge in [-0.2, -0.15) is 4.98 Å². The highest BCUT2D eigenvalue weighted by Gasteiger charge is 2.34. The molecule has 0 amide bonds. The van der Waals surface area contributed by atoms with Gasteiger partial charge in [0, 0.05) is 53.0 Å². The normalized spacial score (nSPS) is 28.8. The van der Waals surface area contributed by atoms with E-state index >= 15 is 0 Å². The van der Waals surface area contributed by atoms with E-state index in [1.165, 1.54) is 0 Å². The van der Waals surface area contributed by atoms with Crippen molar-refractivity contribution < 1.29 is 5.11 Å². The quantitative estimate of drug-likeness (QED) is 0.903. The van der Waals surface area contributed by atoms with Crippen molar-refractivity contribution in [1.82, 2.24) is 14.9 Å². The van der Waals surface area contributed by atoms with Crippen molar-refractivity contribution in [2.75, 3.05) is 56.6 Å². The molecule has 6 nitrogen and oxygen atoms in total. The van der Waals surface area contributed by atoms with Crippen molar-refractivity contribution in [1.29, 1.82) is 0 Å². The first kappa shape index (κ1) is 17.4. The minimum absolute atomic E-state index is 0.471. The van der Waals surface area contributed by atoms with Gasteiger partial charge >= 0.3 is 0 Å². The molecule has 2 fully saturated rings. The van der Waals surface area contributed by atoms with Gasteiger partial charge in [0.2, 0.25) is 5.95 Å². The molecule has 0 aromatic carbocycles. The van der Waals surface area contributed by atoms with E-state index in [0.717, 1.165) is 76.1 Å². The summed E-state index contributed by atoms with van der Waals surface area (Å²) in [4.78, 5) is 15.6. The lowest BCUT2D eigenvalue weighted by molar-refractivity contribution is -0.0359. The zero-order chi connectivity index (χ0) is 17.2. The Morgan fingerprint density at radius 1 is 1.21 bits per heavy atom. The SMILES string of the molecule is CC1CCC(O)(CN2CCN(c3ccnc(N(C)C)n3)CC2)CC1. The summed E-state index contributed by atoms with van der Waals surface area (Å²) >= 11 is 0. The molecule has 0 unspecified atom stereocenters. The molecular weight excluding hydrogens is 302 g/mol. The smallest absolute Gasteiger partial charge is 0.226 e. The molecule has 1 saturated carbocycles. The first-order valence-corrected chi connectivity index (χ1v) is 9.15. The highest BCUT2D eigenvalue weighted by atomic mass is 16.3. The van der Waals surface area contributed by atoms with E-state index in [1.54, 1.807) is 0 Å². The second-order valence-corrected chi connectivity index (χ2v) is 7.78. The molecule has 1 aromatic heterocycles. The fraction of sp³-hybridized carbons (Fsp3) is 0.778. The van der Waals surface area contributed by atoms with Crippen LogP contribution in [-0.4, -0.2) is 72.4 Å². The van der Waals surface area contributed by atoms with Crippen LogP contribution in [0.15, 0.2) is 12.3 Å². The van der Waals surface area contributed by atoms with Crippen molar-refractivity contribution in [2.24, 2.45) is 5.92 Å². The Labute approximate surface area is 145 Å². The maximum absolute atomic E-state index is 10.8. The summed E-state index contributed by atoms with van der Waals surface area (Å²) in [5.41, 5.74) is -0.471. The molecule has 1 aromatic rings. The largest absolute Gasteiger partial charge is 0.389 e. The summed E-state index contributed by atoms with van der Waals surface area (Å²) < 4.78 is 0. The van der Waals surface area contributed by atoms with Crippen LogP contribution in [0.1, 0.15) is 32.6 Å². The van der Waals surface area contributed by atoms with E-state index in [1.807, 2.05) is 31.3 Å². The van der Waals surface area contributed by atoms with Crippen molar-refractivity contribution in [3.8, 4) is 0 Å². The van der Waals surface area contributed by atoms with Crippen LogP contribution in [-0.2, 0) is 0 Å². The van der Waals surface area contributed by atoms with E-state index in [-0.39, 0.29) is 0 Å². The van der Waals surface area contributed by atoms with E-state index in [9.17, 15) is 5.11 Å². The number of aromatic nitrogens is 2. The van der Waals surface area contributed by atoms with Gasteiger partial charge in [-0.3, -0.25) is 4.90 Å². The maximum atomic E-state index is 10.8. The fourth-order valence-electron chi connectivity index (χ4n) is 3.74. The van der Waals surface area contributed by atoms with Crippen LogP contribution in [0.4, 0.5) is 11.8 Å². The maximum Gasteiger partial charge on any atom is 0.226 e. The standard InChI is InChI=1S/C18H31N5O/c1-15-4-7-18(24,8-5-15)14-22-10-12-23(13-11-22)16-6-9-19-17(20-16)21(2)3/h6,9,15,24H,4-5,7-8,10-14H2,1-3H3. The number of hydrogen-bond acceptors (Lipinski definition) is 6. The third kappa shape index (κ3) is 4.16. The van der Waals surface area contributed by atoms with Crippen molar-refractivity contribution in [2.45, 2.75) is 38.2 Å². The Morgan fingerprint density at radius 3 is 2.50 bits per heavy atom. The molecule has 0 bridgehead atoms. The molecule has 6 heteroatoms. The third-order valence-electron chi connectivity index (χ3n) is 5.45. The van der Waals surface area contributed by atoms with Crippen LogP contribution in [0.5, 0.6) is 0 Å². The van der Waals surface area contributed by atoms with E-state index in [4.69, 9.17) is 0 Å². The monoisotopic (exact) mass is 333 g/mol. The number of aliphatic hydroxyl groups is 1. The van der Waals surface area contributed by atoms with Gasteiger partial charge in [0.25, 0.3) is 0 Å². The Morgan fingerprint density at radius 2 is 1.88 bits per heavy atom. The molecule has 1 aliphatic heterocycles. The summed E-state index contributed by atoms with van der Waals surface area (Å²) in [6.07, 6.45) is 6.05. The van der Waals surface area contributed by atoms with Crippen LogP contribution in [0.25, 0.3) is 0 Å².